The van der Waals surface area contributed by atoms with Crippen LogP contribution in [-0.2, 0) is 11.3 Å². The van der Waals surface area contributed by atoms with Gasteiger partial charge in [-0.15, -0.1) is 0 Å². The van der Waals surface area contributed by atoms with Crippen LogP contribution >= 0.6 is 11.6 Å². The number of anilines is 1. The molecule has 0 unspecified atom stereocenters. The predicted molar refractivity (Wildman–Crippen MR) is 97.5 cm³/mol. The second-order valence-corrected chi connectivity index (χ2v) is 6.64. The lowest BCUT2D eigenvalue weighted by atomic mass is 10.2. The second kappa shape index (κ2) is 8.32. The summed E-state index contributed by atoms with van der Waals surface area (Å²) in [6, 6.07) is 14.3. The average Bonchev–Trinajstić information content (AvgIpc) is 2.62. The monoisotopic (exact) mass is 362 g/mol. The Balaban J connectivity index is 1.45. The van der Waals surface area contributed by atoms with Crippen molar-refractivity contribution in [2.45, 2.75) is 6.54 Å². The molecule has 0 aliphatic carbocycles. The lowest BCUT2D eigenvalue weighted by Crippen LogP contribution is -3.15. The van der Waals surface area contributed by atoms with Gasteiger partial charge in [0.2, 0.25) is 0 Å². The summed E-state index contributed by atoms with van der Waals surface area (Å²) < 4.78 is 13.9. The first-order valence-electron chi connectivity index (χ1n) is 8.46. The van der Waals surface area contributed by atoms with Crippen LogP contribution in [0.15, 0.2) is 48.5 Å². The molecule has 132 valence electrons. The summed E-state index contributed by atoms with van der Waals surface area (Å²) in [5, 5.41) is 3.58. The number of benzene rings is 2. The van der Waals surface area contributed by atoms with E-state index in [0.29, 0.717) is 23.8 Å². The number of rotatable bonds is 5. The van der Waals surface area contributed by atoms with Gasteiger partial charge in [0.15, 0.2) is 6.54 Å². The zero-order valence-electron chi connectivity index (χ0n) is 14.0. The number of quaternary nitrogens is 1. The molecule has 0 bridgehead atoms. The van der Waals surface area contributed by atoms with Gasteiger partial charge < -0.3 is 15.1 Å². The van der Waals surface area contributed by atoms with Crippen LogP contribution in [0, 0.1) is 5.82 Å². The molecule has 1 heterocycles. The highest BCUT2D eigenvalue weighted by Gasteiger charge is 2.23. The minimum Gasteiger partial charge on any atom is -0.358 e. The number of amides is 1. The number of piperazine rings is 1. The van der Waals surface area contributed by atoms with E-state index in [1.165, 1.54) is 11.0 Å². The number of para-hydroxylation sites is 1. The van der Waals surface area contributed by atoms with E-state index < -0.39 is 0 Å². The Hall–Kier alpha value is -2.11. The minimum atomic E-state index is -0.191. The smallest absolute Gasteiger partial charge is 0.275 e. The highest BCUT2D eigenvalue weighted by Crippen LogP contribution is 2.18. The third-order valence-electron chi connectivity index (χ3n) is 4.51. The third kappa shape index (κ3) is 4.71. The molecule has 3 rings (SSSR count). The molecule has 0 saturated carbocycles. The summed E-state index contributed by atoms with van der Waals surface area (Å²) in [5.41, 5.74) is 1.56. The summed E-state index contributed by atoms with van der Waals surface area (Å²) in [5.74, 6) is -0.183. The summed E-state index contributed by atoms with van der Waals surface area (Å²) in [7, 11) is 0. The fourth-order valence-electron chi connectivity index (χ4n) is 3.07. The molecular weight excluding hydrogens is 341 g/mol. The molecule has 1 aliphatic rings. The van der Waals surface area contributed by atoms with Crippen LogP contribution in [-0.4, -0.2) is 38.6 Å². The normalized spacial score (nSPS) is 15.2. The third-order valence-corrected chi connectivity index (χ3v) is 4.88. The van der Waals surface area contributed by atoms with Crippen LogP contribution in [0.4, 0.5) is 10.1 Å². The van der Waals surface area contributed by atoms with Crippen molar-refractivity contribution in [3.05, 3.63) is 64.9 Å². The van der Waals surface area contributed by atoms with Crippen LogP contribution in [0.25, 0.3) is 0 Å². The molecule has 2 N–H and O–H groups in total. The summed E-state index contributed by atoms with van der Waals surface area (Å²) >= 11 is 6.09. The Kier molecular flexibility index (Phi) is 5.89. The number of carbonyl (C=O) groups excluding carboxylic acids is 1. The number of hydrogen-bond acceptors (Lipinski definition) is 2. The van der Waals surface area contributed by atoms with Gasteiger partial charge in [-0.2, -0.15) is 0 Å². The summed E-state index contributed by atoms with van der Waals surface area (Å²) in [6.45, 7) is 3.98. The van der Waals surface area contributed by atoms with E-state index >= 15 is 0 Å². The number of nitrogens with one attached hydrogen (secondary N) is 2. The quantitative estimate of drug-likeness (QED) is 0.845. The first kappa shape index (κ1) is 17.7. The van der Waals surface area contributed by atoms with Crippen LogP contribution in [0.1, 0.15) is 5.56 Å². The van der Waals surface area contributed by atoms with Gasteiger partial charge in [0.05, 0.1) is 31.9 Å². The van der Waals surface area contributed by atoms with Crippen molar-refractivity contribution in [2.75, 3.05) is 37.6 Å². The fourth-order valence-corrected chi connectivity index (χ4v) is 3.28. The second-order valence-electron chi connectivity index (χ2n) is 6.23. The zero-order chi connectivity index (χ0) is 17.6. The van der Waals surface area contributed by atoms with Crippen molar-refractivity contribution < 1.29 is 14.1 Å². The van der Waals surface area contributed by atoms with Gasteiger partial charge in [0.1, 0.15) is 5.82 Å². The van der Waals surface area contributed by atoms with E-state index in [-0.39, 0.29) is 11.7 Å². The number of hydrogen-bond donors (Lipinski definition) is 2. The van der Waals surface area contributed by atoms with E-state index in [9.17, 15) is 9.18 Å². The van der Waals surface area contributed by atoms with Crippen molar-refractivity contribution >= 4 is 23.2 Å². The Morgan fingerprint density at radius 3 is 2.52 bits per heavy atom. The van der Waals surface area contributed by atoms with Crippen molar-refractivity contribution in [3.8, 4) is 0 Å². The maximum absolute atomic E-state index is 13.9. The number of halogens is 2. The molecule has 25 heavy (non-hydrogen) atoms. The molecular formula is C19H22ClFN3O+. The van der Waals surface area contributed by atoms with Crippen molar-refractivity contribution in [3.63, 3.8) is 0 Å². The Morgan fingerprint density at radius 1 is 1.12 bits per heavy atom. The van der Waals surface area contributed by atoms with Gasteiger partial charge in [0.25, 0.3) is 5.91 Å². The molecule has 0 radical (unpaired) electrons. The van der Waals surface area contributed by atoms with E-state index in [2.05, 4.69) is 5.32 Å². The highest BCUT2D eigenvalue weighted by atomic mass is 35.5. The van der Waals surface area contributed by atoms with E-state index in [4.69, 9.17) is 11.6 Å². The molecule has 0 spiro atoms. The first-order chi connectivity index (χ1) is 12.1. The van der Waals surface area contributed by atoms with Crippen molar-refractivity contribution in [2.24, 2.45) is 0 Å². The molecule has 4 nitrogen and oxygen atoms in total. The summed E-state index contributed by atoms with van der Waals surface area (Å²) in [4.78, 5) is 15.4. The lowest BCUT2D eigenvalue weighted by Gasteiger charge is -2.33. The van der Waals surface area contributed by atoms with E-state index in [1.807, 2.05) is 35.2 Å². The predicted octanol–water partition coefficient (Wildman–Crippen LogP) is 1.50. The standard InChI is InChI=1S/C19H21ClFN3O/c20-16-6-2-1-5-15(16)13-22-19(25)14-23-9-11-24(12-10-23)18-8-4-3-7-17(18)21/h1-8H,9-14H2,(H,22,25)/p+1. The van der Waals surface area contributed by atoms with Gasteiger partial charge >= 0.3 is 0 Å². The highest BCUT2D eigenvalue weighted by molar-refractivity contribution is 6.31. The molecule has 6 heteroatoms. The van der Waals surface area contributed by atoms with E-state index in [0.717, 1.165) is 31.7 Å². The van der Waals surface area contributed by atoms with Gasteiger partial charge in [0, 0.05) is 11.6 Å². The van der Waals surface area contributed by atoms with Gasteiger partial charge in [-0.1, -0.05) is 41.9 Å². The summed E-state index contributed by atoms with van der Waals surface area (Å²) in [6.07, 6.45) is 0. The molecule has 2 aromatic carbocycles. The van der Waals surface area contributed by atoms with Gasteiger partial charge in [-0.3, -0.25) is 4.79 Å². The molecule has 1 aliphatic heterocycles. The molecule has 1 saturated heterocycles. The van der Waals surface area contributed by atoms with Crippen LogP contribution in [0.3, 0.4) is 0 Å². The Labute approximate surface area is 152 Å². The maximum atomic E-state index is 13.9. The zero-order valence-corrected chi connectivity index (χ0v) is 14.7. The Bertz CT molecular complexity index is 732. The lowest BCUT2D eigenvalue weighted by molar-refractivity contribution is -0.892. The fraction of sp³-hybridized carbons (Fsp3) is 0.316. The van der Waals surface area contributed by atoms with Gasteiger partial charge in [-0.25, -0.2) is 4.39 Å². The maximum Gasteiger partial charge on any atom is 0.275 e. The molecule has 1 fully saturated rings. The van der Waals surface area contributed by atoms with Crippen molar-refractivity contribution in [1.29, 1.82) is 0 Å². The van der Waals surface area contributed by atoms with Crippen LogP contribution in [0.5, 0.6) is 0 Å². The largest absolute Gasteiger partial charge is 0.358 e. The van der Waals surface area contributed by atoms with Crippen molar-refractivity contribution in [1.82, 2.24) is 5.32 Å². The number of carbonyl (C=O) groups is 1. The number of nitrogens with zero attached hydrogens (tertiary/aromatic N) is 1. The van der Waals surface area contributed by atoms with Crippen LogP contribution in [0.2, 0.25) is 5.02 Å². The molecule has 0 atom stereocenters. The van der Waals surface area contributed by atoms with E-state index in [1.54, 1.807) is 12.1 Å². The first-order valence-corrected chi connectivity index (χ1v) is 8.84. The Morgan fingerprint density at radius 2 is 1.80 bits per heavy atom. The van der Waals surface area contributed by atoms with Gasteiger partial charge in [-0.05, 0) is 23.8 Å². The average molecular weight is 363 g/mol. The molecule has 0 aromatic heterocycles. The topological polar surface area (TPSA) is 36.8 Å². The SMILES string of the molecule is O=C(C[NH+]1CCN(c2ccccc2F)CC1)NCc1ccccc1Cl. The molecule has 1 amide bonds. The minimum absolute atomic E-state index is 0.00858. The van der Waals surface area contributed by atoms with Crippen LogP contribution < -0.4 is 15.1 Å². The molecule has 2 aromatic rings.